The van der Waals surface area contributed by atoms with E-state index in [0.29, 0.717) is 28.9 Å². The van der Waals surface area contributed by atoms with Gasteiger partial charge in [0, 0.05) is 16.8 Å². The Hall–Kier alpha value is -2.70. The Labute approximate surface area is 145 Å². The van der Waals surface area contributed by atoms with Gasteiger partial charge in [0.2, 0.25) is 5.91 Å². The van der Waals surface area contributed by atoms with E-state index in [0.717, 1.165) is 0 Å². The third kappa shape index (κ3) is 4.43. The molecule has 2 atom stereocenters. The number of carbonyl (C=O) groups is 2. The number of hydrogen-bond acceptors (Lipinski definition) is 3. The molecule has 0 aliphatic carbocycles. The highest BCUT2D eigenvalue weighted by Crippen LogP contribution is 2.24. The first kappa shape index (κ1) is 18.6. The molecule has 2 aromatic rings. The Morgan fingerprint density at radius 2 is 1.96 bits per heavy atom. The monoisotopic (exact) mass is 347 g/mol. The number of nitrogens with one attached hydrogen (secondary N) is 2. The van der Waals surface area contributed by atoms with Gasteiger partial charge in [0.15, 0.2) is 0 Å². The van der Waals surface area contributed by atoms with Gasteiger partial charge in [-0.15, -0.1) is 0 Å². The van der Waals surface area contributed by atoms with Crippen LogP contribution in [-0.4, -0.2) is 33.2 Å². The maximum absolute atomic E-state index is 13.1. The third-order valence-corrected chi connectivity index (χ3v) is 4.32. The smallest absolute Gasteiger partial charge is 0.326 e. The third-order valence-electron chi connectivity index (χ3n) is 4.32. The maximum atomic E-state index is 13.1. The van der Waals surface area contributed by atoms with E-state index in [-0.39, 0.29) is 24.1 Å². The number of carboxylic acids is 1. The van der Waals surface area contributed by atoms with Crippen LogP contribution >= 0.6 is 0 Å². The second-order valence-electron chi connectivity index (χ2n) is 6.13. The summed E-state index contributed by atoms with van der Waals surface area (Å²) in [4.78, 5) is 23.7. The summed E-state index contributed by atoms with van der Waals surface area (Å²) < 4.78 is 13.1. The van der Waals surface area contributed by atoms with Crippen LogP contribution < -0.4 is 5.32 Å². The van der Waals surface area contributed by atoms with Gasteiger partial charge in [-0.2, -0.15) is 5.10 Å². The fraction of sp³-hybridized carbons (Fsp3) is 0.389. The summed E-state index contributed by atoms with van der Waals surface area (Å²) in [6, 6.07) is 4.90. The van der Waals surface area contributed by atoms with Gasteiger partial charge in [-0.05, 0) is 37.1 Å². The number of carbonyl (C=O) groups excluding carboxylic acids is 1. The van der Waals surface area contributed by atoms with Crippen molar-refractivity contribution in [2.45, 2.75) is 39.7 Å². The second-order valence-corrected chi connectivity index (χ2v) is 6.13. The minimum absolute atomic E-state index is 0.00470. The van der Waals surface area contributed by atoms with Crippen molar-refractivity contribution in [1.82, 2.24) is 15.5 Å². The second kappa shape index (κ2) is 7.92. The summed E-state index contributed by atoms with van der Waals surface area (Å²) in [6.45, 7) is 5.44. The minimum atomic E-state index is -1.05. The lowest BCUT2D eigenvalue weighted by molar-refractivity contribution is -0.143. The number of aryl methyl sites for hydroxylation is 1. The first-order valence-electron chi connectivity index (χ1n) is 8.15. The number of carboxylic acid groups (broad SMARTS) is 1. The molecule has 0 saturated heterocycles. The van der Waals surface area contributed by atoms with Gasteiger partial charge in [0.25, 0.3) is 0 Å². The zero-order chi connectivity index (χ0) is 18.6. The molecule has 0 aliphatic heterocycles. The summed E-state index contributed by atoms with van der Waals surface area (Å²) in [6.07, 6.45) is 0.637. The Balaban J connectivity index is 2.20. The molecule has 25 heavy (non-hydrogen) atoms. The zero-order valence-corrected chi connectivity index (χ0v) is 14.5. The normalized spacial score (nSPS) is 13.3. The van der Waals surface area contributed by atoms with E-state index >= 15 is 0 Å². The average molecular weight is 347 g/mol. The first-order valence-corrected chi connectivity index (χ1v) is 8.15. The van der Waals surface area contributed by atoms with E-state index in [4.69, 9.17) is 0 Å². The Morgan fingerprint density at radius 1 is 1.32 bits per heavy atom. The lowest BCUT2D eigenvalue weighted by atomic mass is 9.98. The summed E-state index contributed by atoms with van der Waals surface area (Å²) in [5.41, 5.74) is 2.62. The average Bonchev–Trinajstić information content (AvgIpc) is 2.93. The molecule has 2 rings (SSSR count). The van der Waals surface area contributed by atoms with Gasteiger partial charge in [0.05, 0.1) is 12.1 Å². The summed E-state index contributed by atoms with van der Waals surface area (Å²) in [5, 5.41) is 18.9. The molecule has 7 heteroatoms. The standard InChI is InChI=1S/C18H22FN3O3/c1-4-10(2)16(18(24)25)20-15(23)9-14-11(3)21-22-17(14)12-5-7-13(19)8-6-12/h5-8,10,16H,4,9H2,1-3H3,(H,20,23)(H,21,22)(H,24,25)/t10-,16+/m0/s1. The number of benzene rings is 1. The van der Waals surface area contributed by atoms with Crippen LogP contribution in [0.15, 0.2) is 24.3 Å². The molecule has 1 heterocycles. The largest absolute Gasteiger partial charge is 0.480 e. The SMILES string of the molecule is CC[C@H](C)[C@@H](NC(=O)Cc1c(-c2ccc(F)cc2)n[nH]c1C)C(=O)O. The van der Waals surface area contributed by atoms with Crippen molar-refractivity contribution < 1.29 is 19.1 Å². The topological polar surface area (TPSA) is 95.1 Å². The molecule has 134 valence electrons. The van der Waals surface area contributed by atoms with Crippen LogP contribution in [0, 0.1) is 18.7 Å². The van der Waals surface area contributed by atoms with Crippen molar-refractivity contribution in [3.05, 3.63) is 41.3 Å². The zero-order valence-electron chi connectivity index (χ0n) is 14.5. The van der Waals surface area contributed by atoms with Crippen LogP contribution in [0.1, 0.15) is 31.5 Å². The predicted octanol–water partition coefficient (Wildman–Crippen LogP) is 2.68. The molecule has 0 aliphatic rings. The quantitative estimate of drug-likeness (QED) is 0.717. The fourth-order valence-corrected chi connectivity index (χ4v) is 2.58. The molecular weight excluding hydrogens is 325 g/mol. The Bertz CT molecular complexity index is 755. The molecule has 1 amide bonds. The van der Waals surface area contributed by atoms with Crippen molar-refractivity contribution in [3.63, 3.8) is 0 Å². The van der Waals surface area contributed by atoms with Gasteiger partial charge in [0.1, 0.15) is 11.9 Å². The van der Waals surface area contributed by atoms with Crippen LogP contribution in [-0.2, 0) is 16.0 Å². The molecular formula is C18H22FN3O3. The predicted molar refractivity (Wildman–Crippen MR) is 91.4 cm³/mol. The number of hydrogen-bond donors (Lipinski definition) is 3. The van der Waals surface area contributed by atoms with E-state index in [1.807, 2.05) is 6.92 Å². The van der Waals surface area contributed by atoms with Gasteiger partial charge in [-0.25, -0.2) is 9.18 Å². The molecule has 3 N–H and O–H groups in total. The van der Waals surface area contributed by atoms with E-state index in [1.54, 1.807) is 26.0 Å². The molecule has 0 radical (unpaired) electrons. The highest BCUT2D eigenvalue weighted by atomic mass is 19.1. The van der Waals surface area contributed by atoms with Gasteiger partial charge in [-0.3, -0.25) is 9.89 Å². The minimum Gasteiger partial charge on any atom is -0.480 e. The number of nitrogens with zero attached hydrogens (tertiary/aromatic N) is 1. The van der Waals surface area contributed by atoms with Crippen LogP contribution in [0.25, 0.3) is 11.3 Å². The first-order chi connectivity index (χ1) is 11.8. The van der Waals surface area contributed by atoms with E-state index in [9.17, 15) is 19.1 Å². The maximum Gasteiger partial charge on any atom is 0.326 e. The number of halogens is 1. The van der Waals surface area contributed by atoms with Crippen LogP contribution in [0.4, 0.5) is 4.39 Å². The molecule has 0 unspecified atom stereocenters. The van der Waals surface area contributed by atoms with Gasteiger partial charge in [-0.1, -0.05) is 20.3 Å². The molecule has 0 fully saturated rings. The highest BCUT2D eigenvalue weighted by molar-refractivity contribution is 5.86. The van der Waals surface area contributed by atoms with E-state index in [2.05, 4.69) is 15.5 Å². The number of aromatic nitrogens is 2. The van der Waals surface area contributed by atoms with Crippen molar-refractivity contribution in [1.29, 1.82) is 0 Å². The number of aromatic amines is 1. The number of rotatable bonds is 7. The number of H-pyrrole nitrogens is 1. The fourth-order valence-electron chi connectivity index (χ4n) is 2.58. The molecule has 0 saturated carbocycles. The van der Waals surface area contributed by atoms with Crippen LogP contribution in [0.5, 0.6) is 0 Å². The molecule has 0 bridgehead atoms. The summed E-state index contributed by atoms with van der Waals surface area (Å²) >= 11 is 0. The summed E-state index contributed by atoms with van der Waals surface area (Å²) in [5.74, 6) is -1.97. The van der Waals surface area contributed by atoms with E-state index in [1.165, 1.54) is 12.1 Å². The summed E-state index contributed by atoms with van der Waals surface area (Å²) in [7, 11) is 0. The van der Waals surface area contributed by atoms with Crippen LogP contribution in [0.2, 0.25) is 0 Å². The van der Waals surface area contributed by atoms with E-state index < -0.39 is 12.0 Å². The van der Waals surface area contributed by atoms with Crippen molar-refractivity contribution >= 4 is 11.9 Å². The Kier molecular flexibility index (Phi) is 5.90. The highest BCUT2D eigenvalue weighted by Gasteiger charge is 2.26. The lowest BCUT2D eigenvalue weighted by Gasteiger charge is -2.20. The van der Waals surface area contributed by atoms with Gasteiger partial charge < -0.3 is 10.4 Å². The van der Waals surface area contributed by atoms with Crippen molar-refractivity contribution in [2.75, 3.05) is 0 Å². The van der Waals surface area contributed by atoms with Gasteiger partial charge >= 0.3 is 5.97 Å². The van der Waals surface area contributed by atoms with Crippen molar-refractivity contribution in [3.8, 4) is 11.3 Å². The molecule has 1 aromatic carbocycles. The number of amides is 1. The molecule has 0 spiro atoms. The molecule has 6 nitrogen and oxygen atoms in total. The lowest BCUT2D eigenvalue weighted by Crippen LogP contribution is -2.45. The van der Waals surface area contributed by atoms with Crippen LogP contribution in [0.3, 0.4) is 0 Å². The molecule has 1 aromatic heterocycles. The van der Waals surface area contributed by atoms with Crippen molar-refractivity contribution in [2.24, 2.45) is 5.92 Å². The Morgan fingerprint density at radius 3 is 2.52 bits per heavy atom. The number of aliphatic carboxylic acids is 1.